The predicted octanol–water partition coefficient (Wildman–Crippen LogP) is 3.14. The zero-order valence-electron chi connectivity index (χ0n) is 10.1. The number of fused-ring (bicyclic) bond motifs is 2. The molecule has 2 aliphatic heterocycles. The number of carboxylic acid groups (broad SMARTS) is 1. The molecule has 1 aliphatic carbocycles. The van der Waals surface area contributed by atoms with Crippen molar-refractivity contribution in [3.8, 4) is 0 Å². The van der Waals surface area contributed by atoms with Crippen molar-refractivity contribution in [1.82, 2.24) is 4.90 Å². The normalized spacial score (nSPS) is 27.1. The molecule has 0 spiro atoms. The Kier molecular flexibility index (Phi) is 3.21. The zero-order chi connectivity index (χ0) is 12.9. The first-order chi connectivity index (χ1) is 8.59. The van der Waals surface area contributed by atoms with Crippen LogP contribution in [-0.4, -0.2) is 34.8 Å². The molecule has 1 N–H and O–H groups in total. The van der Waals surface area contributed by atoms with Gasteiger partial charge < -0.3 is 10.0 Å². The molecule has 2 heterocycles. The van der Waals surface area contributed by atoms with Crippen LogP contribution in [0, 0.1) is 0 Å². The average Bonchev–Trinajstić information content (AvgIpc) is 2.68. The summed E-state index contributed by atoms with van der Waals surface area (Å²) in [5, 5.41) is 9.87. The molecule has 0 aromatic carbocycles. The molecule has 0 aromatic heterocycles. The van der Waals surface area contributed by atoms with Crippen LogP contribution in [-0.2, 0) is 4.79 Å². The quantitative estimate of drug-likeness (QED) is 0.715. The highest BCUT2D eigenvalue weighted by atomic mass is 127. The third kappa shape index (κ3) is 1.82. The highest BCUT2D eigenvalue weighted by molar-refractivity contribution is 14.1. The minimum absolute atomic E-state index is 0.445. The average molecular weight is 375 g/mol. The van der Waals surface area contributed by atoms with Crippen LogP contribution in [0.4, 0.5) is 0 Å². The van der Waals surface area contributed by atoms with Gasteiger partial charge in [-0.15, -0.1) is 11.8 Å². The summed E-state index contributed by atoms with van der Waals surface area (Å²) >= 11 is 4.06. The van der Waals surface area contributed by atoms with Gasteiger partial charge in [0.1, 0.15) is 5.70 Å². The number of thioether (sulfide) groups is 1. The fourth-order valence-corrected chi connectivity index (χ4v) is 5.64. The maximum absolute atomic E-state index is 11.3. The Morgan fingerprint density at radius 1 is 1.61 bits per heavy atom. The Morgan fingerprint density at radius 2 is 2.39 bits per heavy atom. The minimum Gasteiger partial charge on any atom is -0.477 e. The minimum atomic E-state index is -0.821. The molecule has 3 aliphatic rings. The van der Waals surface area contributed by atoms with Crippen LogP contribution in [0.2, 0.25) is 0 Å². The Hall–Kier alpha value is -0.430. The second-order valence-electron chi connectivity index (χ2n) is 4.83. The SMILES string of the molecule is CN1CC2=C(SC3CCCC=C23)C(I)=C1C(=O)O. The van der Waals surface area contributed by atoms with Crippen LogP contribution in [0.1, 0.15) is 19.3 Å². The van der Waals surface area contributed by atoms with Crippen molar-refractivity contribution in [3.63, 3.8) is 0 Å². The van der Waals surface area contributed by atoms with Crippen LogP contribution in [0.5, 0.6) is 0 Å². The maximum Gasteiger partial charge on any atom is 0.353 e. The molecule has 0 saturated heterocycles. The third-order valence-corrected chi connectivity index (χ3v) is 6.53. The van der Waals surface area contributed by atoms with E-state index in [0.717, 1.165) is 10.1 Å². The first kappa shape index (κ1) is 12.6. The number of carbonyl (C=O) groups is 1. The highest BCUT2D eigenvalue weighted by Crippen LogP contribution is 2.52. The largest absolute Gasteiger partial charge is 0.477 e. The van der Waals surface area contributed by atoms with E-state index in [1.165, 1.54) is 35.3 Å². The predicted molar refractivity (Wildman–Crippen MR) is 81.7 cm³/mol. The lowest BCUT2D eigenvalue weighted by Gasteiger charge is -2.27. The summed E-state index contributed by atoms with van der Waals surface area (Å²) in [6.07, 6.45) is 6.00. The van der Waals surface area contributed by atoms with Gasteiger partial charge in [-0.3, -0.25) is 0 Å². The molecular formula is C13H14INO2S. The summed E-state index contributed by atoms with van der Waals surface area (Å²) in [6, 6.07) is 0. The van der Waals surface area contributed by atoms with E-state index < -0.39 is 5.97 Å². The molecule has 0 radical (unpaired) electrons. The number of allylic oxidation sites excluding steroid dienone is 2. The van der Waals surface area contributed by atoms with Gasteiger partial charge in [0.05, 0.1) is 3.58 Å². The second-order valence-corrected chi connectivity index (χ2v) is 7.12. The van der Waals surface area contributed by atoms with E-state index in [4.69, 9.17) is 0 Å². The highest BCUT2D eigenvalue weighted by Gasteiger charge is 2.38. The van der Waals surface area contributed by atoms with E-state index in [-0.39, 0.29) is 0 Å². The monoisotopic (exact) mass is 375 g/mol. The van der Waals surface area contributed by atoms with E-state index in [9.17, 15) is 9.90 Å². The molecule has 0 saturated carbocycles. The molecule has 0 aromatic rings. The number of hydrogen-bond donors (Lipinski definition) is 1. The Balaban J connectivity index is 2.07. The van der Waals surface area contributed by atoms with Crippen molar-refractivity contribution in [2.24, 2.45) is 0 Å². The molecule has 1 unspecified atom stereocenters. The summed E-state index contributed by atoms with van der Waals surface area (Å²) in [7, 11) is 1.87. The summed E-state index contributed by atoms with van der Waals surface area (Å²) < 4.78 is 0.907. The lowest BCUT2D eigenvalue weighted by atomic mass is 9.91. The maximum atomic E-state index is 11.3. The van der Waals surface area contributed by atoms with Crippen LogP contribution < -0.4 is 0 Å². The van der Waals surface area contributed by atoms with Crippen LogP contribution in [0.25, 0.3) is 0 Å². The third-order valence-electron chi connectivity index (χ3n) is 3.65. The van der Waals surface area contributed by atoms with Crippen molar-refractivity contribution in [2.75, 3.05) is 13.6 Å². The van der Waals surface area contributed by atoms with Gasteiger partial charge >= 0.3 is 5.97 Å². The van der Waals surface area contributed by atoms with Gasteiger partial charge in [-0.1, -0.05) is 6.08 Å². The molecule has 18 heavy (non-hydrogen) atoms. The van der Waals surface area contributed by atoms with Crippen molar-refractivity contribution in [3.05, 3.63) is 31.4 Å². The summed E-state index contributed by atoms with van der Waals surface area (Å²) in [5.74, 6) is -0.821. The van der Waals surface area contributed by atoms with Crippen LogP contribution in [0.3, 0.4) is 0 Å². The zero-order valence-corrected chi connectivity index (χ0v) is 13.0. The molecule has 1 atom stereocenters. The van der Waals surface area contributed by atoms with Crippen molar-refractivity contribution in [2.45, 2.75) is 24.5 Å². The van der Waals surface area contributed by atoms with E-state index >= 15 is 0 Å². The number of halogens is 1. The number of carboxylic acids is 1. The van der Waals surface area contributed by atoms with Crippen molar-refractivity contribution < 1.29 is 9.90 Å². The molecule has 5 heteroatoms. The molecule has 0 amide bonds. The van der Waals surface area contributed by atoms with Crippen molar-refractivity contribution in [1.29, 1.82) is 0 Å². The fraction of sp³-hybridized carbons (Fsp3) is 0.462. The van der Waals surface area contributed by atoms with Gasteiger partial charge in [-0.25, -0.2) is 4.79 Å². The number of nitrogens with zero attached hydrogens (tertiary/aromatic N) is 1. The molecule has 0 fully saturated rings. The first-order valence-electron chi connectivity index (χ1n) is 6.04. The number of rotatable bonds is 1. The second kappa shape index (κ2) is 4.59. The van der Waals surface area contributed by atoms with Crippen LogP contribution in [0.15, 0.2) is 31.4 Å². The van der Waals surface area contributed by atoms with Crippen molar-refractivity contribution >= 4 is 40.3 Å². The van der Waals surface area contributed by atoms with Crippen LogP contribution >= 0.6 is 34.4 Å². The summed E-state index contributed by atoms with van der Waals surface area (Å²) in [4.78, 5) is 14.4. The summed E-state index contributed by atoms with van der Waals surface area (Å²) in [5.41, 5.74) is 3.27. The van der Waals surface area contributed by atoms with Gasteiger partial charge in [0.25, 0.3) is 0 Å². The van der Waals surface area contributed by atoms with E-state index in [1.54, 1.807) is 0 Å². The molecule has 3 rings (SSSR count). The molecule has 3 nitrogen and oxygen atoms in total. The lowest BCUT2D eigenvalue weighted by Crippen LogP contribution is -2.30. The number of likely N-dealkylation sites (N-methyl/N-ethyl adjacent to an activating group) is 1. The lowest BCUT2D eigenvalue weighted by molar-refractivity contribution is -0.134. The van der Waals surface area contributed by atoms with Gasteiger partial charge in [-0.2, -0.15) is 0 Å². The smallest absolute Gasteiger partial charge is 0.353 e. The Labute approximate surface area is 124 Å². The Morgan fingerprint density at radius 3 is 3.11 bits per heavy atom. The van der Waals surface area contributed by atoms with E-state index in [2.05, 4.69) is 28.7 Å². The van der Waals surface area contributed by atoms with Gasteiger partial charge in [0.15, 0.2) is 0 Å². The first-order valence-corrected chi connectivity index (χ1v) is 8.00. The molecule has 96 valence electrons. The standard InChI is InChI=1S/C13H14INO2S/c1-15-6-8-7-4-2-3-5-9(7)18-12(8)10(14)11(15)13(16)17/h4,9H,2-3,5-6H2,1H3,(H,16,17). The Bertz CT molecular complexity index is 521. The van der Waals surface area contributed by atoms with E-state index in [1.807, 2.05) is 23.7 Å². The number of aliphatic carboxylic acids is 1. The fourth-order valence-electron chi connectivity index (χ4n) is 2.83. The number of hydrogen-bond acceptors (Lipinski definition) is 3. The summed E-state index contributed by atoms with van der Waals surface area (Å²) in [6.45, 7) is 0.735. The molecule has 0 bridgehead atoms. The molecular weight excluding hydrogens is 361 g/mol. The topological polar surface area (TPSA) is 40.5 Å². The van der Waals surface area contributed by atoms with Gasteiger partial charge in [-0.05, 0) is 53.0 Å². The van der Waals surface area contributed by atoms with E-state index in [0.29, 0.717) is 10.9 Å². The van der Waals surface area contributed by atoms with Gasteiger partial charge in [0, 0.05) is 23.7 Å². The van der Waals surface area contributed by atoms with Gasteiger partial charge in [0.2, 0.25) is 0 Å².